The maximum absolute atomic E-state index is 13.8. The van der Waals surface area contributed by atoms with E-state index in [2.05, 4.69) is 35.9 Å². The molecule has 0 atom stereocenters. The number of oxazole rings is 1. The number of benzene rings is 1. The maximum atomic E-state index is 13.8. The number of para-hydroxylation sites is 2. The Morgan fingerprint density at radius 2 is 1.97 bits per heavy atom. The van der Waals surface area contributed by atoms with Crippen LogP contribution < -0.4 is 16.0 Å². The fourth-order valence-electron chi connectivity index (χ4n) is 3.22. The average Bonchev–Trinajstić information content (AvgIpc) is 3.27. The zero-order chi connectivity index (χ0) is 24.6. The standard InChI is InChI=1S/C22H21FN8O4/c23-14-4-3-9-25-16(14)12-26-21-20-22(28-13-27-21)35-19(30-20)8-11-24-10-7-18(32)29-15-5-1-2-6-17(15)31(33)34/h1-6,9,13,24H,7-8,10-12H2,(H,29,32)(H,26,27,28). The second-order valence-corrected chi connectivity index (χ2v) is 7.34. The summed E-state index contributed by atoms with van der Waals surface area (Å²) in [6.45, 7) is 0.951. The summed E-state index contributed by atoms with van der Waals surface area (Å²) >= 11 is 0. The van der Waals surface area contributed by atoms with Gasteiger partial charge in [0.1, 0.15) is 17.8 Å². The van der Waals surface area contributed by atoms with E-state index in [1.807, 2.05) is 0 Å². The van der Waals surface area contributed by atoms with Crippen molar-refractivity contribution in [2.24, 2.45) is 0 Å². The van der Waals surface area contributed by atoms with Gasteiger partial charge in [-0.2, -0.15) is 4.98 Å². The number of halogens is 1. The molecular weight excluding hydrogens is 459 g/mol. The third kappa shape index (κ3) is 6.09. The molecule has 0 aliphatic heterocycles. The van der Waals surface area contributed by atoms with Crippen molar-refractivity contribution in [1.82, 2.24) is 25.3 Å². The number of amides is 1. The van der Waals surface area contributed by atoms with Crippen LogP contribution in [0, 0.1) is 15.9 Å². The number of carbonyl (C=O) groups is 1. The van der Waals surface area contributed by atoms with E-state index in [9.17, 15) is 19.3 Å². The summed E-state index contributed by atoms with van der Waals surface area (Å²) in [6.07, 6.45) is 3.38. The third-order valence-electron chi connectivity index (χ3n) is 4.92. The Labute approximate surface area is 198 Å². The van der Waals surface area contributed by atoms with Crippen molar-refractivity contribution in [2.75, 3.05) is 23.7 Å². The number of pyridine rings is 1. The molecule has 0 saturated heterocycles. The number of nitro benzene ring substituents is 1. The molecule has 0 saturated carbocycles. The summed E-state index contributed by atoms with van der Waals surface area (Å²) in [5.74, 6) is 0.0519. The highest BCUT2D eigenvalue weighted by molar-refractivity contribution is 5.93. The minimum absolute atomic E-state index is 0.122. The number of rotatable bonds is 11. The van der Waals surface area contributed by atoms with E-state index >= 15 is 0 Å². The summed E-state index contributed by atoms with van der Waals surface area (Å²) in [4.78, 5) is 39.2. The molecule has 0 radical (unpaired) electrons. The maximum Gasteiger partial charge on any atom is 0.292 e. The van der Waals surface area contributed by atoms with Crippen LogP contribution in [0.25, 0.3) is 11.2 Å². The van der Waals surface area contributed by atoms with Gasteiger partial charge in [0.25, 0.3) is 11.4 Å². The highest BCUT2D eigenvalue weighted by atomic mass is 19.1. The van der Waals surface area contributed by atoms with Crippen LogP contribution >= 0.6 is 0 Å². The molecule has 0 unspecified atom stereocenters. The molecule has 0 aliphatic carbocycles. The van der Waals surface area contributed by atoms with Gasteiger partial charge in [-0.3, -0.25) is 19.9 Å². The number of anilines is 2. The number of fused-ring (bicyclic) bond motifs is 1. The number of nitrogens with one attached hydrogen (secondary N) is 3. The Kier molecular flexibility index (Phi) is 7.47. The summed E-state index contributed by atoms with van der Waals surface area (Å²) in [6, 6.07) is 8.80. The molecule has 1 amide bonds. The number of nitro groups is 1. The number of aromatic nitrogens is 4. The molecular formula is C22H21FN8O4. The molecule has 0 fully saturated rings. The number of hydrogen-bond acceptors (Lipinski definition) is 10. The van der Waals surface area contributed by atoms with Crippen LogP contribution in [-0.2, 0) is 17.8 Å². The van der Waals surface area contributed by atoms with Gasteiger partial charge < -0.3 is 20.4 Å². The second-order valence-electron chi connectivity index (χ2n) is 7.34. The summed E-state index contributed by atoms with van der Waals surface area (Å²) < 4.78 is 19.4. The smallest absolute Gasteiger partial charge is 0.292 e. The van der Waals surface area contributed by atoms with Gasteiger partial charge in [-0.1, -0.05) is 12.1 Å². The molecule has 3 heterocycles. The lowest BCUT2D eigenvalue weighted by Crippen LogP contribution is -2.23. The van der Waals surface area contributed by atoms with Crippen molar-refractivity contribution in [2.45, 2.75) is 19.4 Å². The molecule has 4 aromatic rings. The molecule has 1 aromatic carbocycles. The Morgan fingerprint density at radius 3 is 2.80 bits per heavy atom. The largest absolute Gasteiger partial charge is 0.422 e. The molecule has 13 heteroatoms. The van der Waals surface area contributed by atoms with E-state index in [-0.39, 0.29) is 35.9 Å². The van der Waals surface area contributed by atoms with Gasteiger partial charge in [-0.15, -0.1) is 0 Å². The van der Waals surface area contributed by atoms with Crippen molar-refractivity contribution in [3.8, 4) is 0 Å². The fourth-order valence-corrected chi connectivity index (χ4v) is 3.22. The third-order valence-corrected chi connectivity index (χ3v) is 4.92. The van der Waals surface area contributed by atoms with Crippen molar-refractivity contribution < 1.29 is 18.5 Å². The van der Waals surface area contributed by atoms with E-state index in [0.29, 0.717) is 42.4 Å². The van der Waals surface area contributed by atoms with Crippen LogP contribution in [0.15, 0.2) is 53.3 Å². The topological polar surface area (TPSA) is 161 Å². The predicted molar refractivity (Wildman–Crippen MR) is 124 cm³/mol. The van der Waals surface area contributed by atoms with E-state index in [0.717, 1.165) is 0 Å². The van der Waals surface area contributed by atoms with Gasteiger partial charge in [0.05, 0.1) is 17.2 Å². The van der Waals surface area contributed by atoms with Gasteiger partial charge in [-0.05, 0) is 18.2 Å². The first-order valence-corrected chi connectivity index (χ1v) is 10.7. The molecule has 0 bridgehead atoms. The van der Waals surface area contributed by atoms with Crippen molar-refractivity contribution in [3.63, 3.8) is 0 Å². The van der Waals surface area contributed by atoms with E-state index in [1.165, 1.54) is 42.9 Å². The Bertz CT molecular complexity index is 1350. The molecule has 4 rings (SSSR count). The van der Waals surface area contributed by atoms with Crippen molar-refractivity contribution >= 4 is 34.3 Å². The molecule has 3 N–H and O–H groups in total. The number of carbonyl (C=O) groups excluding carboxylic acids is 1. The summed E-state index contributed by atoms with van der Waals surface area (Å²) in [5, 5.41) is 19.7. The number of nitrogens with zero attached hydrogens (tertiary/aromatic N) is 5. The first-order valence-electron chi connectivity index (χ1n) is 10.7. The van der Waals surface area contributed by atoms with Gasteiger partial charge in [0.2, 0.25) is 5.91 Å². The van der Waals surface area contributed by atoms with Gasteiger partial charge >= 0.3 is 0 Å². The SMILES string of the molecule is O=C(CCNCCc1nc2c(NCc3ncccc3F)ncnc2o1)Nc1ccccc1[N+](=O)[O-]. The molecule has 180 valence electrons. The van der Waals surface area contributed by atoms with Gasteiger partial charge in [-0.25, -0.2) is 14.4 Å². The van der Waals surface area contributed by atoms with Gasteiger partial charge in [0, 0.05) is 38.2 Å². The van der Waals surface area contributed by atoms with Crippen LogP contribution in [-0.4, -0.2) is 43.9 Å². The Morgan fingerprint density at radius 1 is 1.11 bits per heavy atom. The second kappa shape index (κ2) is 11.1. The molecule has 0 spiro atoms. The first-order chi connectivity index (χ1) is 17.0. The fraction of sp³-hybridized carbons (Fsp3) is 0.227. The number of hydrogen-bond donors (Lipinski definition) is 3. The van der Waals surface area contributed by atoms with Crippen LogP contribution in [0.3, 0.4) is 0 Å². The minimum Gasteiger partial charge on any atom is -0.422 e. The van der Waals surface area contributed by atoms with E-state index in [4.69, 9.17) is 4.42 Å². The molecule has 35 heavy (non-hydrogen) atoms. The zero-order valence-electron chi connectivity index (χ0n) is 18.4. The lowest BCUT2D eigenvalue weighted by atomic mass is 10.2. The van der Waals surface area contributed by atoms with Gasteiger partial charge in [0.15, 0.2) is 17.2 Å². The highest BCUT2D eigenvalue weighted by Crippen LogP contribution is 2.23. The Balaban J connectivity index is 1.25. The quantitative estimate of drug-likeness (QED) is 0.165. The van der Waals surface area contributed by atoms with Crippen LogP contribution in [0.5, 0.6) is 0 Å². The average molecular weight is 480 g/mol. The Hall–Kier alpha value is -4.52. The normalized spacial score (nSPS) is 10.9. The van der Waals surface area contributed by atoms with Crippen LogP contribution in [0.2, 0.25) is 0 Å². The van der Waals surface area contributed by atoms with E-state index in [1.54, 1.807) is 6.07 Å². The van der Waals surface area contributed by atoms with Crippen molar-refractivity contribution in [3.05, 3.63) is 76.4 Å². The zero-order valence-corrected chi connectivity index (χ0v) is 18.4. The lowest BCUT2D eigenvalue weighted by Gasteiger charge is -2.06. The minimum atomic E-state index is -0.545. The molecule has 12 nitrogen and oxygen atoms in total. The van der Waals surface area contributed by atoms with Crippen LogP contribution in [0.4, 0.5) is 21.6 Å². The predicted octanol–water partition coefficient (Wildman–Crippen LogP) is 2.83. The summed E-state index contributed by atoms with van der Waals surface area (Å²) in [5.41, 5.74) is 0.959. The van der Waals surface area contributed by atoms with Crippen LogP contribution in [0.1, 0.15) is 18.0 Å². The van der Waals surface area contributed by atoms with E-state index < -0.39 is 10.7 Å². The lowest BCUT2D eigenvalue weighted by molar-refractivity contribution is -0.383. The first kappa shape index (κ1) is 23.6. The monoisotopic (exact) mass is 480 g/mol. The highest BCUT2D eigenvalue weighted by Gasteiger charge is 2.15. The molecule has 0 aliphatic rings. The summed E-state index contributed by atoms with van der Waals surface area (Å²) in [7, 11) is 0. The van der Waals surface area contributed by atoms with Crippen molar-refractivity contribution in [1.29, 1.82) is 0 Å². The molecule has 3 aromatic heterocycles.